The summed E-state index contributed by atoms with van der Waals surface area (Å²) >= 11 is 0. The number of carbonyl (C=O) groups is 2. The highest BCUT2D eigenvalue weighted by atomic mass is 19.4. The average molecular weight is 252 g/mol. The summed E-state index contributed by atoms with van der Waals surface area (Å²) in [6, 6.07) is 0. The monoisotopic (exact) mass is 252 g/mol. The van der Waals surface area contributed by atoms with E-state index in [0.717, 1.165) is 0 Å². The van der Waals surface area contributed by atoms with Crippen LogP contribution in [0.15, 0.2) is 12.2 Å². The smallest absolute Gasteiger partial charge is 0.422 e. The molecule has 0 saturated carbocycles. The third-order valence-corrected chi connectivity index (χ3v) is 2.43. The molecule has 96 valence electrons. The summed E-state index contributed by atoms with van der Waals surface area (Å²) in [5, 5.41) is 8.82. The van der Waals surface area contributed by atoms with Crippen molar-refractivity contribution in [3.05, 3.63) is 12.2 Å². The fraction of sp³-hybridized carbons (Fsp3) is 0.600. The van der Waals surface area contributed by atoms with Crippen molar-refractivity contribution in [1.82, 2.24) is 0 Å². The number of hydrogen-bond donors (Lipinski definition) is 1. The lowest BCUT2D eigenvalue weighted by molar-refractivity contribution is -0.191. The van der Waals surface area contributed by atoms with E-state index in [-0.39, 0.29) is 12.8 Å². The lowest BCUT2D eigenvalue weighted by Gasteiger charge is -2.23. The molecule has 0 amide bonds. The number of carboxylic acids is 1. The van der Waals surface area contributed by atoms with Crippen LogP contribution in [0.3, 0.4) is 0 Å². The summed E-state index contributed by atoms with van der Waals surface area (Å²) < 4.78 is 39.6. The Balaban J connectivity index is 2.60. The maximum absolute atomic E-state index is 11.8. The Morgan fingerprint density at radius 2 is 1.76 bits per heavy atom. The zero-order valence-corrected chi connectivity index (χ0v) is 8.74. The molecule has 0 aromatic carbocycles. The zero-order chi connectivity index (χ0) is 13.1. The van der Waals surface area contributed by atoms with E-state index in [1.807, 2.05) is 0 Å². The van der Waals surface area contributed by atoms with E-state index < -0.39 is 36.6 Å². The number of hydrogen-bond acceptors (Lipinski definition) is 3. The molecule has 1 N–H and O–H groups in total. The fourth-order valence-corrected chi connectivity index (χ4v) is 1.61. The Kier molecular flexibility index (Phi) is 4.14. The van der Waals surface area contributed by atoms with E-state index in [4.69, 9.17) is 5.11 Å². The fourth-order valence-electron chi connectivity index (χ4n) is 1.61. The van der Waals surface area contributed by atoms with Crippen LogP contribution >= 0.6 is 0 Å². The second kappa shape index (κ2) is 5.20. The van der Waals surface area contributed by atoms with Gasteiger partial charge in [-0.25, -0.2) is 0 Å². The molecule has 17 heavy (non-hydrogen) atoms. The van der Waals surface area contributed by atoms with Crippen molar-refractivity contribution < 1.29 is 32.6 Å². The van der Waals surface area contributed by atoms with Crippen molar-refractivity contribution in [2.75, 3.05) is 6.61 Å². The number of aliphatic carboxylic acids is 1. The minimum Gasteiger partial charge on any atom is -0.481 e. The van der Waals surface area contributed by atoms with Gasteiger partial charge in [0.1, 0.15) is 0 Å². The van der Waals surface area contributed by atoms with Gasteiger partial charge < -0.3 is 9.84 Å². The molecule has 0 unspecified atom stereocenters. The minimum absolute atomic E-state index is 0.0909. The first kappa shape index (κ1) is 13.5. The summed E-state index contributed by atoms with van der Waals surface area (Å²) in [6.45, 7) is -1.68. The molecule has 2 atom stereocenters. The number of ether oxygens (including phenoxy) is 1. The Morgan fingerprint density at radius 3 is 2.24 bits per heavy atom. The van der Waals surface area contributed by atoms with Gasteiger partial charge in [0.15, 0.2) is 6.61 Å². The SMILES string of the molecule is O=C(O)[C@H]1CC=CC[C@H]1C(=O)OCC(F)(F)F. The number of allylic oxidation sites excluding steroid dienone is 2. The van der Waals surface area contributed by atoms with Crippen LogP contribution in [0.2, 0.25) is 0 Å². The predicted octanol–water partition coefficient (Wildman–Crippen LogP) is 1.76. The Hall–Kier alpha value is -1.53. The second-order valence-electron chi connectivity index (χ2n) is 3.72. The summed E-state index contributed by atoms with van der Waals surface area (Å²) in [5.74, 6) is -4.37. The highest BCUT2D eigenvalue weighted by Gasteiger charge is 2.37. The molecule has 0 bridgehead atoms. The third kappa shape index (κ3) is 4.08. The molecule has 0 aliphatic heterocycles. The van der Waals surface area contributed by atoms with Crippen LogP contribution in [0.25, 0.3) is 0 Å². The molecular formula is C10H11F3O4. The molecule has 7 heteroatoms. The van der Waals surface area contributed by atoms with Gasteiger partial charge in [0.05, 0.1) is 11.8 Å². The largest absolute Gasteiger partial charge is 0.481 e. The number of esters is 1. The van der Waals surface area contributed by atoms with Crippen LogP contribution in [-0.2, 0) is 14.3 Å². The number of alkyl halides is 3. The van der Waals surface area contributed by atoms with Crippen molar-refractivity contribution in [2.45, 2.75) is 19.0 Å². The predicted molar refractivity (Wildman–Crippen MR) is 50.0 cm³/mol. The second-order valence-corrected chi connectivity index (χ2v) is 3.72. The van der Waals surface area contributed by atoms with Crippen LogP contribution in [-0.4, -0.2) is 29.8 Å². The topological polar surface area (TPSA) is 63.6 Å². The molecular weight excluding hydrogens is 241 g/mol. The first-order valence-corrected chi connectivity index (χ1v) is 4.92. The van der Waals surface area contributed by atoms with Crippen molar-refractivity contribution >= 4 is 11.9 Å². The molecule has 0 heterocycles. The quantitative estimate of drug-likeness (QED) is 0.614. The molecule has 1 aliphatic rings. The van der Waals surface area contributed by atoms with Gasteiger partial charge >= 0.3 is 18.1 Å². The lowest BCUT2D eigenvalue weighted by atomic mass is 9.83. The summed E-state index contributed by atoms with van der Waals surface area (Å²) in [4.78, 5) is 22.1. The molecule has 0 spiro atoms. The first-order valence-electron chi connectivity index (χ1n) is 4.92. The van der Waals surface area contributed by atoms with E-state index in [9.17, 15) is 22.8 Å². The summed E-state index contributed by atoms with van der Waals surface area (Å²) in [6.07, 6.45) is -1.22. The minimum atomic E-state index is -4.60. The molecule has 4 nitrogen and oxygen atoms in total. The zero-order valence-electron chi connectivity index (χ0n) is 8.74. The Bertz CT molecular complexity index is 335. The van der Waals surface area contributed by atoms with Gasteiger partial charge in [-0.15, -0.1) is 0 Å². The van der Waals surface area contributed by atoms with Gasteiger partial charge in [-0.1, -0.05) is 12.2 Å². The van der Waals surface area contributed by atoms with E-state index in [1.165, 1.54) is 0 Å². The molecule has 0 aromatic rings. The molecule has 0 aromatic heterocycles. The maximum Gasteiger partial charge on any atom is 0.422 e. The Labute approximate surface area is 95.1 Å². The third-order valence-electron chi connectivity index (χ3n) is 2.43. The lowest BCUT2D eigenvalue weighted by Crippen LogP contribution is -2.34. The van der Waals surface area contributed by atoms with Crippen LogP contribution < -0.4 is 0 Å². The van der Waals surface area contributed by atoms with E-state index in [1.54, 1.807) is 12.2 Å². The van der Waals surface area contributed by atoms with Gasteiger partial charge in [-0.3, -0.25) is 9.59 Å². The summed E-state index contributed by atoms with van der Waals surface area (Å²) in [5.41, 5.74) is 0. The van der Waals surface area contributed by atoms with Crippen LogP contribution in [0.1, 0.15) is 12.8 Å². The van der Waals surface area contributed by atoms with E-state index in [2.05, 4.69) is 4.74 Å². The normalized spacial score (nSPS) is 24.4. The van der Waals surface area contributed by atoms with Gasteiger partial charge in [-0.05, 0) is 12.8 Å². The number of carbonyl (C=O) groups excluding carboxylic acids is 1. The maximum atomic E-state index is 11.8. The standard InChI is InChI=1S/C10H11F3O4/c11-10(12,13)5-17-9(16)7-4-2-1-3-6(7)8(14)15/h1-2,6-7H,3-5H2,(H,14,15)/t6-,7+/m0/s1. The number of rotatable bonds is 3. The molecule has 1 rings (SSSR count). The van der Waals surface area contributed by atoms with Crippen LogP contribution in [0.5, 0.6) is 0 Å². The van der Waals surface area contributed by atoms with Crippen molar-refractivity contribution in [3.63, 3.8) is 0 Å². The molecule has 1 aliphatic carbocycles. The van der Waals surface area contributed by atoms with Crippen molar-refractivity contribution in [3.8, 4) is 0 Å². The summed E-state index contributed by atoms with van der Waals surface area (Å²) in [7, 11) is 0. The van der Waals surface area contributed by atoms with Gasteiger partial charge in [0, 0.05) is 0 Å². The Morgan fingerprint density at radius 1 is 1.24 bits per heavy atom. The molecule has 0 radical (unpaired) electrons. The van der Waals surface area contributed by atoms with Gasteiger partial charge in [0.2, 0.25) is 0 Å². The number of halogens is 3. The van der Waals surface area contributed by atoms with Crippen LogP contribution in [0.4, 0.5) is 13.2 Å². The molecule has 0 saturated heterocycles. The number of carboxylic acid groups (broad SMARTS) is 1. The average Bonchev–Trinajstić information content (AvgIpc) is 2.25. The highest BCUT2D eigenvalue weighted by Crippen LogP contribution is 2.27. The highest BCUT2D eigenvalue weighted by molar-refractivity contribution is 5.81. The van der Waals surface area contributed by atoms with E-state index >= 15 is 0 Å². The molecule has 0 fully saturated rings. The van der Waals surface area contributed by atoms with Gasteiger partial charge in [0.25, 0.3) is 0 Å². The van der Waals surface area contributed by atoms with E-state index in [0.29, 0.717) is 0 Å². The van der Waals surface area contributed by atoms with Crippen molar-refractivity contribution in [1.29, 1.82) is 0 Å². The van der Waals surface area contributed by atoms with Crippen molar-refractivity contribution in [2.24, 2.45) is 11.8 Å². The van der Waals surface area contributed by atoms with Gasteiger partial charge in [-0.2, -0.15) is 13.2 Å². The first-order chi connectivity index (χ1) is 7.81. The van der Waals surface area contributed by atoms with Crippen LogP contribution in [0, 0.1) is 11.8 Å².